The molecule has 0 saturated heterocycles. The van der Waals surface area contributed by atoms with Crippen molar-refractivity contribution in [2.45, 2.75) is 75.2 Å². The fourth-order valence-electron chi connectivity index (χ4n) is 6.65. The first-order valence-electron chi connectivity index (χ1n) is 11.1. The maximum atomic E-state index is 13.2. The maximum Gasteiger partial charge on any atom is 0.405 e. The average molecular weight is 461 g/mol. The highest BCUT2D eigenvalue weighted by Crippen LogP contribution is 2.55. The third-order valence-electron chi connectivity index (χ3n) is 7.85. The van der Waals surface area contributed by atoms with Crippen molar-refractivity contribution in [2.75, 3.05) is 11.4 Å². The van der Waals surface area contributed by atoms with E-state index in [1.807, 2.05) is 0 Å². The molecular formula is C21H28ClF3N4O2. The molecule has 2 N–H and O–H groups in total. The number of nitrogens with one attached hydrogen (secondary N) is 1. The number of aryl methyl sites for hydroxylation is 1. The first-order chi connectivity index (χ1) is 14.5. The summed E-state index contributed by atoms with van der Waals surface area (Å²) in [6, 6.07) is -0.306. The number of hydrogen-bond donors (Lipinski definition) is 2. The number of carbonyl (C=O) groups excluding carboxylic acids is 1. The van der Waals surface area contributed by atoms with Crippen LogP contribution < -0.4 is 10.2 Å². The molecule has 5 aliphatic carbocycles. The van der Waals surface area contributed by atoms with Gasteiger partial charge >= 0.3 is 6.18 Å². The van der Waals surface area contributed by atoms with Gasteiger partial charge in [-0.25, -0.2) is 0 Å². The molecule has 0 spiro atoms. The molecule has 31 heavy (non-hydrogen) atoms. The molecule has 1 aromatic rings. The van der Waals surface area contributed by atoms with E-state index in [1.165, 1.54) is 16.6 Å². The number of alkyl halides is 3. The van der Waals surface area contributed by atoms with Crippen molar-refractivity contribution in [1.82, 2.24) is 15.1 Å². The molecular weight excluding hydrogens is 433 g/mol. The van der Waals surface area contributed by atoms with E-state index >= 15 is 0 Å². The molecule has 1 amide bonds. The first-order valence-corrected chi connectivity index (χ1v) is 11.5. The summed E-state index contributed by atoms with van der Waals surface area (Å²) in [5.41, 5.74) is -0.632. The normalized spacial score (nSPS) is 34.6. The number of aromatic nitrogens is 2. The lowest BCUT2D eigenvalue weighted by molar-refractivity contribution is -0.137. The fourth-order valence-corrected chi connectivity index (χ4v) is 7.01. The number of aliphatic hydroxyl groups is 1. The SMILES string of the molecule is Cn1nc(C(=O)NC2C3CC4CC2CC(O)(C4)C3)c(Cl)c1N(CC(F)(F)F)C1CCC1. The van der Waals surface area contributed by atoms with Gasteiger partial charge in [-0.1, -0.05) is 11.6 Å². The van der Waals surface area contributed by atoms with Crippen molar-refractivity contribution in [1.29, 1.82) is 0 Å². The molecule has 2 atom stereocenters. The number of carbonyl (C=O) groups is 1. The monoisotopic (exact) mass is 460 g/mol. The number of nitrogens with zero attached hydrogens (tertiary/aromatic N) is 3. The second kappa shape index (κ2) is 7.27. The highest BCUT2D eigenvalue weighted by molar-refractivity contribution is 6.36. The lowest BCUT2D eigenvalue weighted by atomic mass is 9.52. The Hall–Kier alpha value is -1.48. The van der Waals surface area contributed by atoms with Crippen molar-refractivity contribution in [3.8, 4) is 0 Å². The number of hydrogen-bond acceptors (Lipinski definition) is 4. The van der Waals surface area contributed by atoms with Crippen LogP contribution in [0.4, 0.5) is 19.0 Å². The van der Waals surface area contributed by atoms with Gasteiger partial charge < -0.3 is 15.3 Å². The van der Waals surface area contributed by atoms with E-state index in [9.17, 15) is 23.1 Å². The van der Waals surface area contributed by atoms with E-state index in [-0.39, 0.29) is 40.5 Å². The third-order valence-corrected chi connectivity index (χ3v) is 8.20. The predicted molar refractivity (Wildman–Crippen MR) is 109 cm³/mol. The number of rotatable bonds is 5. The molecule has 172 valence electrons. The Balaban J connectivity index is 1.37. The molecule has 1 heterocycles. The zero-order valence-corrected chi connectivity index (χ0v) is 18.2. The van der Waals surface area contributed by atoms with Gasteiger partial charge in [-0.3, -0.25) is 9.48 Å². The molecule has 5 saturated carbocycles. The van der Waals surface area contributed by atoms with E-state index in [2.05, 4.69) is 10.4 Å². The Labute approximate surface area is 184 Å². The van der Waals surface area contributed by atoms with Crippen molar-refractivity contribution < 1.29 is 23.1 Å². The van der Waals surface area contributed by atoms with Gasteiger partial charge in [-0.05, 0) is 69.1 Å². The molecule has 2 unspecified atom stereocenters. The summed E-state index contributed by atoms with van der Waals surface area (Å²) >= 11 is 6.47. The summed E-state index contributed by atoms with van der Waals surface area (Å²) in [6.07, 6.45) is 2.03. The van der Waals surface area contributed by atoms with Crippen molar-refractivity contribution in [3.05, 3.63) is 10.7 Å². The van der Waals surface area contributed by atoms with Gasteiger partial charge in [0.25, 0.3) is 5.91 Å². The van der Waals surface area contributed by atoms with Crippen LogP contribution >= 0.6 is 11.6 Å². The van der Waals surface area contributed by atoms with Gasteiger partial charge in [-0.15, -0.1) is 0 Å². The molecule has 6 nitrogen and oxygen atoms in total. The van der Waals surface area contributed by atoms with Gasteiger partial charge in [0, 0.05) is 19.1 Å². The number of amides is 1. The van der Waals surface area contributed by atoms with Crippen LogP contribution in [0.5, 0.6) is 0 Å². The standard InChI is InChI=1S/C21H28ClF3N4O2/c1-28-19(29(10-21(23,24)25)14-3-2-4-14)15(22)17(27-28)18(30)26-16-12-5-11-6-13(16)9-20(31,7-11)8-12/h11-14,16,31H,2-10H2,1H3,(H,26,30). The largest absolute Gasteiger partial charge is 0.405 e. The molecule has 0 aromatic carbocycles. The van der Waals surface area contributed by atoms with Crippen molar-refractivity contribution >= 4 is 23.3 Å². The Kier molecular flexibility index (Phi) is 5.01. The summed E-state index contributed by atoms with van der Waals surface area (Å²) in [5.74, 6) is 0.655. The number of anilines is 1. The zero-order chi connectivity index (χ0) is 22.1. The van der Waals surface area contributed by atoms with Crippen LogP contribution in [0.1, 0.15) is 61.9 Å². The van der Waals surface area contributed by atoms with Gasteiger partial charge in [0.15, 0.2) is 5.69 Å². The molecule has 6 rings (SSSR count). The first kappa shape index (κ1) is 21.4. The zero-order valence-electron chi connectivity index (χ0n) is 17.5. The topological polar surface area (TPSA) is 70.4 Å². The van der Waals surface area contributed by atoms with Gasteiger partial charge in [0.05, 0.1) is 5.60 Å². The predicted octanol–water partition coefficient (Wildman–Crippen LogP) is 3.66. The lowest BCUT2D eigenvalue weighted by Gasteiger charge is -2.58. The Morgan fingerprint density at radius 3 is 2.45 bits per heavy atom. The molecule has 5 fully saturated rings. The van der Waals surface area contributed by atoms with Crippen LogP contribution in [-0.4, -0.2) is 51.2 Å². The Bertz CT molecular complexity index is 869. The smallest absolute Gasteiger partial charge is 0.390 e. The average Bonchev–Trinajstić information content (AvgIpc) is 2.87. The summed E-state index contributed by atoms with van der Waals surface area (Å²) in [7, 11) is 1.53. The molecule has 5 aliphatic rings. The second-order valence-electron chi connectivity index (χ2n) is 10.1. The quantitative estimate of drug-likeness (QED) is 0.703. The van der Waals surface area contributed by atoms with Crippen molar-refractivity contribution in [3.63, 3.8) is 0 Å². The van der Waals surface area contributed by atoms with Crippen LogP contribution in [0.15, 0.2) is 0 Å². The maximum absolute atomic E-state index is 13.2. The van der Waals surface area contributed by atoms with Crippen LogP contribution in [0.3, 0.4) is 0 Å². The summed E-state index contributed by atoms with van der Waals surface area (Å²) in [4.78, 5) is 14.3. The molecule has 0 aliphatic heterocycles. The molecule has 4 bridgehead atoms. The van der Waals surface area contributed by atoms with Crippen LogP contribution in [0.2, 0.25) is 5.02 Å². The third kappa shape index (κ3) is 3.81. The minimum Gasteiger partial charge on any atom is -0.390 e. The fraction of sp³-hybridized carbons (Fsp3) is 0.810. The highest BCUT2D eigenvalue weighted by Gasteiger charge is 2.55. The number of halogens is 4. The van der Waals surface area contributed by atoms with Gasteiger partial charge in [-0.2, -0.15) is 18.3 Å². The lowest BCUT2D eigenvalue weighted by Crippen LogP contribution is -2.61. The van der Waals surface area contributed by atoms with E-state index < -0.39 is 24.2 Å². The van der Waals surface area contributed by atoms with Crippen LogP contribution in [0.25, 0.3) is 0 Å². The summed E-state index contributed by atoms with van der Waals surface area (Å²) in [5, 5.41) is 18.0. The molecule has 1 aromatic heterocycles. The van der Waals surface area contributed by atoms with Crippen molar-refractivity contribution in [2.24, 2.45) is 24.8 Å². The summed E-state index contributed by atoms with van der Waals surface area (Å²) < 4.78 is 41.0. The molecule has 10 heteroatoms. The van der Waals surface area contributed by atoms with E-state index in [0.717, 1.165) is 25.7 Å². The van der Waals surface area contributed by atoms with Crippen LogP contribution in [-0.2, 0) is 7.05 Å². The highest BCUT2D eigenvalue weighted by atomic mass is 35.5. The minimum absolute atomic E-state index is 0.0291. The Morgan fingerprint density at radius 2 is 1.94 bits per heavy atom. The van der Waals surface area contributed by atoms with E-state index in [1.54, 1.807) is 0 Å². The second-order valence-corrected chi connectivity index (χ2v) is 10.5. The van der Waals surface area contributed by atoms with Gasteiger partial charge in [0.2, 0.25) is 0 Å². The summed E-state index contributed by atoms with van der Waals surface area (Å²) in [6.45, 7) is -1.12. The Morgan fingerprint density at radius 1 is 1.29 bits per heavy atom. The minimum atomic E-state index is -4.38. The van der Waals surface area contributed by atoms with E-state index in [4.69, 9.17) is 11.6 Å². The van der Waals surface area contributed by atoms with Crippen LogP contribution in [0, 0.1) is 17.8 Å². The molecule has 0 radical (unpaired) electrons. The van der Waals surface area contributed by atoms with Gasteiger partial charge in [0.1, 0.15) is 17.4 Å². The van der Waals surface area contributed by atoms with E-state index in [0.29, 0.717) is 31.6 Å².